The van der Waals surface area contributed by atoms with Gasteiger partial charge in [-0.1, -0.05) is 6.42 Å². The predicted molar refractivity (Wildman–Crippen MR) is 180 cm³/mol. The van der Waals surface area contributed by atoms with Crippen molar-refractivity contribution in [2.24, 2.45) is 5.73 Å². The summed E-state index contributed by atoms with van der Waals surface area (Å²) in [5.41, 5.74) is 4.98. The Hall–Kier alpha value is 3.02. The van der Waals surface area contributed by atoms with E-state index in [0.29, 0.717) is 51.2 Å². The largest absolute Gasteiger partial charge is 0.396 e. The first kappa shape index (κ1) is 49.9. The van der Waals surface area contributed by atoms with E-state index in [2.05, 4.69) is 48.4 Å². The Bertz CT molecular complexity index is 653. The molecule has 2 saturated heterocycles. The summed E-state index contributed by atoms with van der Waals surface area (Å²) in [7, 11) is -2.84. The van der Waals surface area contributed by atoms with E-state index in [-0.39, 0.29) is 19.0 Å². The zero-order valence-corrected chi connectivity index (χ0v) is 31.6. The monoisotopic (exact) mass is 818 g/mol. The van der Waals surface area contributed by atoms with Gasteiger partial charge in [0.2, 0.25) is 0 Å². The summed E-state index contributed by atoms with van der Waals surface area (Å²) in [6, 6.07) is 0. The average Bonchev–Trinajstić information content (AvgIpc) is 2.85. The van der Waals surface area contributed by atoms with Gasteiger partial charge in [-0.3, -0.25) is 13.7 Å². The van der Waals surface area contributed by atoms with Gasteiger partial charge in [-0.05, 0) is 83.6 Å². The topological polar surface area (TPSA) is 143 Å². The third-order valence-corrected chi connectivity index (χ3v) is 8.91. The molecule has 22 heteroatoms. The van der Waals surface area contributed by atoms with Crippen LogP contribution in [0.3, 0.4) is 0 Å². The SMILES string of the molecule is Cl.ClCCCCCCl.NCCCO.O=P(Cl)(Cl)Cl.O=P1(Cl)NCCCO1.O=P1(N(CCCl)CCCl)NCCCO1. The molecular weight excluding hydrogens is 780 g/mol. The number of rotatable bonds is 11. The summed E-state index contributed by atoms with van der Waals surface area (Å²) < 4.78 is 44.0. The van der Waals surface area contributed by atoms with Crippen molar-refractivity contribution in [2.75, 3.05) is 76.1 Å². The van der Waals surface area contributed by atoms with E-state index in [4.69, 9.17) is 73.0 Å². The molecule has 10 nitrogen and oxygen atoms in total. The zero-order valence-electron chi connectivity index (χ0n) is 22.0. The van der Waals surface area contributed by atoms with Crippen molar-refractivity contribution in [3.05, 3.63) is 0 Å². The number of alkyl halides is 4. The van der Waals surface area contributed by atoms with Gasteiger partial charge in [0, 0.05) is 56.3 Å². The van der Waals surface area contributed by atoms with E-state index in [1.54, 1.807) is 4.67 Å². The smallest absolute Gasteiger partial charge is 0.360 e. The molecule has 2 aliphatic rings. The van der Waals surface area contributed by atoms with Crippen molar-refractivity contribution in [1.29, 1.82) is 0 Å². The highest BCUT2D eigenvalue weighted by atomic mass is 36.0. The Balaban J connectivity index is -0.000000216. The highest BCUT2D eigenvalue weighted by Crippen LogP contribution is 2.61. The Morgan fingerprint density at radius 1 is 0.825 bits per heavy atom. The Kier molecular flexibility index (Phi) is 41.6. The molecule has 0 saturated carbocycles. The molecule has 0 aliphatic carbocycles. The second-order valence-electron chi connectivity index (χ2n) is 7.22. The molecule has 40 heavy (non-hydrogen) atoms. The van der Waals surface area contributed by atoms with Crippen molar-refractivity contribution >= 4 is 124 Å². The first-order valence-corrected chi connectivity index (χ1v) is 22.6. The van der Waals surface area contributed by atoms with Crippen molar-refractivity contribution < 1.29 is 27.8 Å². The van der Waals surface area contributed by atoms with Gasteiger partial charge in [0.05, 0.1) is 13.2 Å². The molecule has 2 atom stereocenters. The molecule has 0 bridgehead atoms. The van der Waals surface area contributed by atoms with E-state index in [1.807, 2.05) is 0 Å². The first-order chi connectivity index (χ1) is 18.3. The standard InChI is InChI=1S/C7H15Cl2N2O2P.C5H10Cl2.C3H7ClNO2P.C3H9NO.Cl3OP.ClH/c8-2-5-11(6-3-9)14(12)10-4-1-7-13-14;6-4-2-1-3-5-7;4-8(6)5-2-1-3-7-8;4-2-1-3-5;1-5(2,3)4;/h1-7H2,(H,10,12);1-5H2;1-3H2,(H,5,6);5H,1-4H2;;1H. The van der Waals surface area contributed by atoms with Crippen LogP contribution >= 0.6 is 124 Å². The number of unbranched alkanes of at least 4 members (excludes halogenated alkanes) is 2. The summed E-state index contributed by atoms with van der Waals surface area (Å²) in [5, 5.41) is 10.2. The number of nitrogens with zero attached hydrogens (tertiary/aromatic N) is 1. The van der Waals surface area contributed by atoms with Crippen LogP contribution in [0.5, 0.6) is 0 Å². The first-order valence-electron chi connectivity index (χ1n) is 11.9. The Labute approximate surface area is 284 Å². The predicted octanol–water partition coefficient (Wildman–Crippen LogP) is 8.42. The number of hydrogen-bond donors (Lipinski definition) is 4. The number of aliphatic hydroxyl groups is 1. The number of nitrogens with one attached hydrogen (secondary N) is 2. The van der Waals surface area contributed by atoms with Crippen LogP contribution < -0.4 is 15.9 Å². The molecule has 248 valence electrons. The molecule has 0 spiro atoms. The summed E-state index contributed by atoms with van der Waals surface area (Å²) in [5.74, 6) is 2.39. The number of aliphatic hydroxyl groups excluding tert-OH is 1. The lowest BCUT2D eigenvalue weighted by molar-refractivity contribution is 0.233. The van der Waals surface area contributed by atoms with Crippen LogP contribution in [-0.4, -0.2) is 85.8 Å². The van der Waals surface area contributed by atoms with E-state index in [1.165, 1.54) is 6.42 Å². The highest BCUT2D eigenvalue weighted by molar-refractivity contribution is 8.24. The Morgan fingerprint density at radius 3 is 1.50 bits per heavy atom. The van der Waals surface area contributed by atoms with Gasteiger partial charge in [0.15, 0.2) is 0 Å². The van der Waals surface area contributed by atoms with Gasteiger partial charge in [0.1, 0.15) is 0 Å². The lowest BCUT2D eigenvalue weighted by Crippen LogP contribution is -2.35. The van der Waals surface area contributed by atoms with Gasteiger partial charge >= 0.3 is 19.7 Å². The third kappa shape index (κ3) is 39.0. The van der Waals surface area contributed by atoms with Crippen LogP contribution in [0.1, 0.15) is 38.5 Å². The maximum absolute atomic E-state index is 12.2. The minimum atomic E-state index is -3.22. The maximum Gasteiger partial charge on any atom is 0.360 e. The quantitative estimate of drug-likeness (QED) is 0.0912. The van der Waals surface area contributed by atoms with Crippen LogP contribution in [0, 0.1) is 0 Å². The lowest BCUT2D eigenvalue weighted by atomic mass is 10.3. The van der Waals surface area contributed by atoms with Crippen molar-refractivity contribution in [2.45, 2.75) is 38.5 Å². The minimum Gasteiger partial charge on any atom is -0.396 e. The van der Waals surface area contributed by atoms with Crippen LogP contribution in [0.15, 0.2) is 0 Å². The second-order valence-corrected chi connectivity index (χ2v) is 20.4. The highest BCUT2D eigenvalue weighted by Gasteiger charge is 2.32. The van der Waals surface area contributed by atoms with Gasteiger partial charge in [-0.2, -0.15) is 0 Å². The number of nitrogens with two attached hydrogens (primary N) is 1. The molecule has 2 rings (SSSR count). The summed E-state index contributed by atoms with van der Waals surface area (Å²) in [6.45, 7) is 1.46. The van der Waals surface area contributed by atoms with Gasteiger partial charge in [-0.25, -0.2) is 14.8 Å². The van der Waals surface area contributed by atoms with Crippen LogP contribution in [0.2, 0.25) is 0 Å². The zero-order chi connectivity index (χ0) is 30.6. The molecule has 2 heterocycles. The average molecular weight is 823 g/mol. The van der Waals surface area contributed by atoms with Crippen LogP contribution in [-0.2, 0) is 22.7 Å². The Morgan fingerprint density at radius 2 is 1.27 bits per heavy atom. The number of hydrogen-bond acceptors (Lipinski definition) is 7. The van der Waals surface area contributed by atoms with Gasteiger partial charge in [-0.15, -0.1) is 58.8 Å². The summed E-state index contributed by atoms with van der Waals surface area (Å²) in [6.07, 6.45) is 5.88. The molecule has 0 amide bonds. The van der Waals surface area contributed by atoms with E-state index in [9.17, 15) is 13.7 Å². The molecule has 2 aliphatic heterocycles. The van der Waals surface area contributed by atoms with E-state index in [0.717, 1.165) is 50.4 Å². The minimum absolute atomic E-state index is 0. The lowest BCUT2D eigenvalue weighted by Gasteiger charge is -2.33. The third-order valence-electron chi connectivity index (χ3n) is 3.97. The van der Waals surface area contributed by atoms with Gasteiger partial charge < -0.3 is 19.9 Å². The molecular formula is C18H42Cl9N4O6P3. The molecule has 2 fully saturated rings. The van der Waals surface area contributed by atoms with E-state index >= 15 is 0 Å². The molecule has 0 aromatic heterocycles. The van der Waals surface area contributed by atoms with Crippen molar-refractivity contribution in [3.8, 4) is 0 Å². The fourth-order valence-electron chi connectivity index (χ4n) is 2.25. The molecule has 0 aromatic carbocycles. The summed E-state index contributed by atoms with van der Waals surface area (Å²) >= 11 is 41.2. The fraction of sp³-hybridized carbons (Fsp3) is 1.00. The molecule has 0 radical (unpaired) electrons. The van der Waals surface area contributed by atoms with Crippen molar-refractivity contribution in [1.82, 2.24) is 14.8 Å². The van der Waals surface area contributed by atoms with E-state index < -0.39 is 19.7 Å². The van der Waals surface area contributed by atoms with Crippen molar-refractivity contribution in [3.63, 3.8) is 0 Å². The second kappa shape index (κ2) is 33.4. The normalized spacial score (nSPS) is 22.0. The maximum atomic E-state index is 12.2. The van der Waals surface area contributed by atoms with Gasteiger partial charge in [0.25, 0.3) is 0 Å². The molecule has 2 unspecified atom stereocenters. The van der Waals surface area contributed by atoms with Crippen LogP contribution in [0.4, 0.5) is 0 Å². The van der Waals surface area contributed by atoms with Crippen LogP contribution in [0.25, 0.3) is 0 Å². The number of halogens is 9. The molecule has 0 aromatic rings. The fourth-order valence-corrected chi connectivity index (χ4v) is 6.61. The molecule has 5 N–H and O–H groups in total. The summed E-state index contributed by atoms with van der Waals surface area (Å²) in [4.78, 5) is 0.